The van der Waals surface area contributed by atoms with Crippen molar-refractivity contribution in [3.63, 3.8) is 0 Å². The Balaban J connectivity index is 1.75. The number of hydrogen-bond donors (Lipinski definition) is 2. The van der Waals surface area contributed by atoms with Crippen molar-refractivity contribution in [2.45, 2.75) is 31.7 Å². The predicted molar refractivity (Wildman–Crippen MR) is 56.0 cm³/mol. The van der Waals surface area contributed by atoms with Crippen LogP contribution < -0.4 is 10.6 Å². The number of imide groups is 1. The van der Waals surface area contributed by atoms with Crippen molar-refractivity contribution in [1.29, 1.82) is 0 Å². The Morgan fingerprint density at radius 3 is 2.87 bits per heavy atom. The van der Waals surface area contributed by atoms with Gasteiger partial charge in [0.1, 0.15) is 0 Å². The van der Waals surface area contributed by atoms with Crippen molar-refractivity contribution in [3.8, 4) is 0 Å². The third-order valence-electron chi connectivity index (χ3n) is 3.00. The Morgan fingerprint density at radius 1 is 1.40 bits per heavy atom. The first-order valence-electron chi connectivity index (χ1n) is 5.48. The molecular weight excluding hydrogens is 192 g/mol. The summed E-state index contributed by atoms with van der Waals surface area (Å²) in [6.07, 6.45) is 8.06. The quantitative estimate of drug-likeness (QED) is 0.519. The second-order valence-electron chi connectivity index (χ2n) is 4.23. The van der Waals surface area contributed by atoms with Crippen molar-refractivity contribution in [3.05, 3.63) is 12.2 Å². The highest BCUT2D eigenvalue weighted by Gasteiger charge is 2.30. The molecule has 4 heteroatoms. The third-order valence-corrected chi connectivity index (χ3v) is 3.00. The van der Waals surface area contributed by atoms with E-state index in [4.69, 9.17) is 0 Å². The highest BCUT2D eigenvalue weighted by molar-refractivity contribution is 6.05. The molecular formula is C11H16N2O2. The van der Waals surface area contributed by atoms with E-state index in [2.05, 4.69) is 22.8 Å². The van der Waals surface area contributed by atoms with Gasteiger partial charge in [-0.05, 0) is 31.7 Å². The lowest BCUT2D eigenvalue weighted by Crippen LogP contribution is -2.39. The van der Waals surface area contributed by atoms with E-state index in [0.29, 0.717) is 12.3 Å². The summed E-state index contributed by atoms with van der Waals surface area (Å²) in [5, 5.41) is 5.46. The summed E-state index contributed by atoms with van der Waals surface area (Å²) in [5.41, 5.74) is 0. The number of carbonyl (C=O) groups is 2. The van der Waals surface area contributed by atoms with Gasteiger partial charge in [0.25, 0.3) is 0 Å². The van der Waals surface area contributed by atoms with Crippen molar-refractivity contribution in [2.24, 2.45) is 5.92 Å². The summed E-state index contributed by atoms with van der Waals surface area (Å²) in [6.45, 7) is 0.829. The Morgan fingerprint density at radius 2 is 2.27 bits per heavy atom. The lowest BCUT2D eigenvalue weighted by molar-refractivity contribution is -0.125. The highest BCUT2D eigenvalue weighted by atomic mass is 16.2. The first-order chi connectivity index (χ1) is 7.25. The van der Waals surface area contributed by atoms with Crippen LogP contribution in [0.15, 0.2) is 12.2 Å². The van der Waals surface area contributed by atoms with Crippen molar-refractivity contribution < 1.29 is 9.59 Å². The zero-order valence-corrected chi connectivity index (χ0v) is 8.66. The molecule has 0 bridgehead atoms. The first kappa shape index (κ1) is 10.4. The minimum absolute atomic E-state index is 0.166. The van der Waals surface area contributed by atoms with Crippen LogP contribution in [-0.2, 0) is 9.59 Å². The van der Waals surface area contributed by atoms with Crippen LogP contribution >= 0.6 is 0 Å². The standard InChI is InChI=1S/C11H16N2O2/c14-10-6-9(11(15)13-10)12-7-8-4-2-1-3-5-8/h1-2,8-9,12H,3-7H2,(H,13,14,15). The molecule has 0 aromatic heterocycles. The maximum Gasteiger partial charge on any atom is 0.244 e. The molecule has 1 aliphatic carbocycles. The Bertz CT molecular complexity index is 299. The van der Waals surface area contributed by atoms with Gasteiger partial charge in [0.15, 0.2) is 0 Å². The Labute approximate surface area is 89.1 Å². The highest BCUT2D eigenvalue weighted by Crippen LogP contribution is 2.17. The van der Waals surface area contributed by atoms with Gasteiger partial charge in [0.05, 0.1) is 12.5 Å². The van der Waals surface area contributed by atoms with Crippen LogP contribution in [0.2, 0.25) is 0 Å². The van der Waals surface area contributed by atoms with Gasteiger partial charge in [0.2, 0.25) is 11.8 Å². The maximum atomic E-state index is 11.2. The molecule has 1 aliphatic heterocycles. The molecule has 82 valence electrons. The smallest absolute Gasteiger partial charge is 0.244 e. The van der Waals surface area contributed by atoms with E-state index in [-0.39, 0.29) is 17.9 Å². The molecule has 0 saturated carbocycles. The van der Waals surface area contributed by atoms with Gasteiger partial charge in [-0.15, -0.1) is 0 Å². The number of nitrogens with one attached hydrogen (secondary N) is 2. The van der Waals surface area contributed by atoms with Crippen LogP contribution in [-0.4, -0.2) is 24.4 Å². The van der Waals surface area contributed by atoms with Crippen molar-refractivity contribution in [1.82, 2.24) is 10.6 Å². The summed E-state index contributed by atoms with van der Waals surface area (Å²) >= 11 is 0. The molecule has 4 nitrogen and oxygen atoms in total. The number of carbonyl (C=O) groups excluding carboxylic acids is 2. The second-order valence-corrected chi connectivity index (χ2v) is 4.23. The average molecular weight is 208 g/mol. The fourth-order valence-corrected chi connectivity index (χ4v) is 2.07. The van der Waals surface area contributed by atoms with Gasteiger partial charge in [-0.3, -0.25) is 14.9 Å². The first-order valence-corrected chi connectivity index (χ1v) is 5.48. The van der Waals surface area contributed by atoms with Gasteiger partial charge in [-0.2, -0.15) is 0 Å². The minimum Gasteiger partial charge on any atom is -0.305 e. The van der Waals surface area contributed by atoms with Gasteiger partial charge in [-0.1, -0.05) is 12.2 Å². The number of amides is 2. The molecule has 2 unspecified atom stereocenters. The molecule has 1 saturated heterocycles. The monoisotopic (exact) mass is 208 g/mol. The molecule has 2 atom stereocenters. The van der Waals surface area contributed by atoms with E-state index in [1.54, 1.807) is 0 Å². The molecule has 2 amide bonds. The van der Waals surface area contributed by atoms with E-state index in [1.807, 2.05) is 0 Å². The fourth-order valence-electron chi connectivity index (χ4n) is 2.07. The van der Waals surface area contributed by atoms with Crippen LogP contribution in [0.4, 0.5) is 0 Å². The van der Waals surface area contributed by atoms with Gasteiger partial charge in [-0.25, -0.2) is 0 Å². The molecule has 1 heterocycles. The van der Waals surface area contributed by atoms with Gasteiger partial charge in [0, 0.05) is 0 Å². The molecule has 2 N–H and O–H groups in total. The van der Waals surface area contributed by atoms with Crippen LogP contribution in [0.1, 0.15) is 25.7 Å². The van der Waals surface area contributed by atoms with E-state index in [0.717, 1.165) is 19.4 Å². The summed E-state index contributed by atoms with van der Waals surface area (Å²) in [7, 11) is 0. The lowest BCUT2D eigenvalue weighted by Gasteiger charge is -2.19. The number of allylic oxidation sites excluding steroid dienone is 2. The summed E-state index contributed by atoms with van der Waals surface area (Å²) in [4.78, 5) is 22.2. The van der Waals surface area contributed by atoms with Crippen molar-refractivity contribution >= 4 is 11.8 Å². The van der Waals surface area contributed by atoms with E-state index >= 15 is 0 Å². The summed E-state index contributed by atoms with van der Waals surface area (Å²) in [5.74, 6) is 0.269. The van der Waals surface area contributed by atoms with E-state index in [1.165, 1.54) is 6.42 Å². The second kappa shape index (κ2) is 4.57. The minimum atomic E-state index is -0.302. The molecule has 1 fully saturated rings. The number of rotatable bonds is 3. The van der Waals surface area contributed by atoms with Gasteiger partial charge >= 0.3 is 0 Å². The maximum absolute atomic E-state index is 11.2. The molecule has 0 aromatic rings. The Kier molecular flexibility index (Phi) is 3.16. The van der Waals surface area contributed by atoms with Crippen LogP contribution in [0.5, 0.6) is 0 Å². The van der Waals surface area contributed by atoms with E-state index < -0.39 is 0 Å². The zero-order chi connectivity index (χ0) is 10.7. The molecule has 0 radical (unpaired) electrons. The Hall–Kier alpha value is -1.16. The van der Waals surface area contributed by atoms with Crippen LogP contribution in [0, 0.1) is 5.92 Å². The van der Waals surface area contributed by atoms with E-state index in [9.17, 15) is 9.59 Å². The molecule has 2 rings (SSSR count). The average Bonchev–Trinajstić information content (AvgIpc) is 2.56. The summed E-state index contributed by atoms with van der Waals surface area (Å²) in [6, 6.07) is -0.302. The zero-order valence-electron chi connectivity index (χ0n) is 8.66. The van der Waals surface area contributed by atoms with Crippen LogP contribution in [0.25, 0.3) is 0 Å². The van der Waals surface area contributed by atoms with Crippen LogP contribution in [0.3, 0.4) is 0 Å². The third kappa shape index (κ3) is 2.65. The van der Waals surface area contributed by atoms with Crippen molar-refractivity contribution in [2.75, 3.05) is 6.54 Å². The largest absolute Gasteiger partial charge is 0.305 e. The number of hydrogen-bond acceptors (Lipinski definition) is 3. The molecule has 15 heavy (non-hydrogen) atoms. The van der Waals surface area contributed by atoms with Gasteiger partial charge < -0.3 is 5.32 Å². The predicted octanol–water partition coefficient (Wildman–Crippen LogP) is 0.347. The normalized spacial score (nSPS) is 30.7. The molecule has 0 spiro atoms. The molecule has 0 aromatic carbocycles. The molecule has 2 aliphatic rings. The summed E-state index contributed by atoms with van der Waals surface area (Å²) < 4.78 is 0. The SMILES string of the molecule is O=C1CC(NCC2CC=CCC2)C(=O)N1. The topological polar surface area (TPSA) is 58.2 Å². The fraction of sp³-hybridized carbons (Fsp3) is 0.636. The lowest BCUT2D eigenvalue weighted by atomic mass is 9.94.